The lowest BCUT2D eigenvalue weighted by Gasteiger charge is -2.31. The van der Waals surface area contributed by atoms with Crippen LogP contribution in [0.15, 0.2) is 42.6 Å². The van der Waals surface area contributed by atoms with Crippen molar-refractivity contribution in [3.05, 3.63) is 59.5 Å². The Morgan fingerprint density at radius 2 is 1.72 bits per heavy atom. The van der Waals surface area contributed by atoms with E-state index in [1.54, 1.807) is 4.90 Å². The first-order valence-corrected chi connectivity index (χ1v) is 8.90. The van der Waals surface area contributed by atoms with Crippen molar-refractivity contribution in [2.45, 2.75) is 6.18 Å². The summed E-state index contributed by atoms with van der Waals surface area (Å²) in [6, 6.07) is 7.83. The first-order valence-electron chi connectivity index (χ1n) is 8.90. The quantitative estimate of drug-likeness (QED) is 0.780. The minimum absolute atomic E-state index is 0.136. The molecule has 0 atom stereocenters. The van der Waals surface area contributed by atoms with Crippen LogP contribution in [-0.2, 0) is 11.0 Å². The predicted molar refractivity (Wildman–Crippen MR) is 95.5 cm³/mol. The Labute approximate surface area is 164 Å². The van der Waals surface area contributed by atoms with E-state index in [-0.39, 0.29) is 18.0 Å². The summed E-state index contributed by atoms with van der Waals surface area (Å²) >= 11 is 0. The van der Waals surface area contributed by atoms with Crippen LogP contribution in [0.3, 0.4) is 0 Å². The smallest absolute Gasteiger partial charge is 0.343 e. The number of rotatable bonds is 4. The standard InChI is InChI=1S/C19H18F4N4O2/c20-15-4-2-1-3-14(15)18(29)25-12-17(28)27-9-7-26(8-10-27)16-6-5-13(11-24-16)19(21,22)23/h1-6,11H,7-10,12H2,(H,25,29)/p+1. The van der Waals surface area contributed by atoms with Gasteiger partial charge < -0.3 is 10.2 Å². The van der Waals surface area contributed by atoms with Crippen LogP contribution in [-0.4, -0.2) is 49.4 Å². The number of alkyl halides is 3. The fourth-order valence-corrected chi connectivity index (χ4v) is 2.99. The van der Waals surface area contributed by atoms with Gasteiger partial charge in [0, 0.05) is 6.07 Å². The van der Waals surface area contributed by atoms with Gasteiger partial charge in [0.05, 0.1) is 30.8 Å². The number of pyridine rings is 1. The van der Waals surface area contributed by atoms with Crippen molar-refractivity contribution in [3.63, 3.8) is 0 Å². The van der Waals surface area contributed by atoms with Crippen LogP contribution >= 0.6 is 0 Å². The van der Waals surface area contributed by atoms with Gasteiger partial charge in [0.15, 0.2) is 0 Å². The van der Waals surface area contributed by atoms with Crippen LogP contribution in [0, 0.1) is 5.82 Å². The number of nitrogens with one attached hydrogen (secondary N) is 2. The maximum absolute atomic E-state index is 13.6. The highest BCUT2D eigenvalue weighted by Gasteiger charge is 2.33. The molecule has 2 heterocycles. The first kappa shape index (κ1) is 20.6. The van der Waals surface area contributed by atoms with Gasteiger partial charge >= 0.3 is 6.18 Å². The number of aromatic nitrogens is 1. The number of hydrogen-bond donors (Lipinski definition) is 1. The summed E-state index contributed by atoms with van der Waals surface area (Å²) in [7, 11) is 0. The maximum Gasteiger partial charge on any atom is 0.419 e. The number of benzene rings is 1. The molecule has 1 fully saturated rings. The highest BCUT2D eigenvalue weighted by Crippen LogP contribution is 2.28. The molecule has 0 saturated carbocycles. The number of hydrogen-bond acceptors (Lipinski definition) is 3. The largest absolute Gasteiger partial charge is 0.419 e. The molecule has 1 saturated heterocycles. The van der Waals surface area contributed by atoms with E-state index in [1.807, 2.05) is 4.90 Å². The third-order valence-corrected chi connectivity index (χ3v) is 4.62. The average Bonchev–Trinajstić information content (AvgIpc) is 2.71. The zero-order valence-corrected chi connectivity index (χ0v) is 15.3. The summed E-state index contributed by atoms with van der Waals surface area (Å²) in [4.78, 5) is 30.3. The van der Waals surface area contributed by atoms with E-state index in [1.165, 1.54) is 24.3 Å². The zero-order valence-electron chi connectivity index (χ0n) is 15.3. The summed E-state index contributed by atoms with van der Waals surface area (Å²) in [5.41, 5.74) is -0.899. The lowest BCUT2D eigenvalue weighted by Crippen LogP contribution is -2.52. The molecule has 2 amide bonds. The van der Waals surface area contributed by atoms with E-state index in [4.69, 9.17) is 0 Å². The summed E-state index contributed by atoms with van der Waals surface area (Å²) in [5, 5.41) is 2.40. The average molecular weight is 411 g/mol. The molecule has 3 rings (SSSR count). The molecule has 6 nitrogen and oxygen atoms in total. The fraction of sp³-hybridized carbons (Fsp3) is 0.316. The number of H-pyrrole nitrogens is 1. The molecule has 10 heteroatoms. The molecule has 2 N–H and O–H groups in total. The van der Waals surface area contributed by atoms with E-state index in [0.29, 0.717) is 32.0 Å². The van der Waals surface area contributed by atoms with E-state index in [0.717, 1.165) is 18.3 Å². The Bertz CT molecular complexity index is 879. The first-order chi connectivity index (χ1) is 13.8. The topological polar surface area (TPSA) is 66.8 Å². The number of anilines is 1. The van der Waals surface area contributed by atoms with Crippen molar-refractivity contribution in [2.75, 3.05) is 37.6 Å². The van der Waals surface area contributed by atoms with Crippen molar-refractivity contribution >= 4 is 17.6 Å². The summed E-state index contributed by atoms with van der Waals surface area (Å²) in [6.07, 6.45) is -3.50. The van der Waals surface area contributed by atoms with Crippen LogP contribution in [0.5, 0.6) is 0 Å². The molecular formula is C19H19F4N4O2+. The molecular weight excluding hydrogens is 392 g/mol. The van der Waals surface area contributed by atoms with Gasteiger partial charge in [-0.05, 0) is 18.2 Å². The van der Waals surface area contributed by atoms with Crippen molar-refractivity contribution in [3.8, 4) is 0 Å². The maximum atomic E-state index is 13.6. The van der Waals surface area contributed by atoms with Gasteiger partial charge in [-0.2, -0.15) is 13.2 Å². The van der Waals surface area contributed by atoms with Crippen LogP contribution < -0.4 is 15.2 Å². The minimum Gasteiger partial charge on any atom is -0.343 e. The molecule has 0 unspecified atom stereocenters. The fourth-order valence-electron chi connectivity index (χ4n) is 2.99. The van der Waals surface area contributed by atoms with Gasteiger partial charge in [0.25, 0.3) is 11.7 Å². The molecule has 1 aliphatic heterocycles. The third-order valence-electron chi connectivity index (χ3n) is 4.62. The Balaban J connectivity index is 1.49. The van der Waals surface area contributed by atoms with Crippen molar-refractivity contribution in [1.29, 1.82) is 0 Å². The summed E-state index contributed by atoms with van der Waals surface area (Å²) in [5.74, 6) is -1.13. The molecule has 154 valence electrons. The normalized spacial score (nSPS) is 14.6. The van der Waals surface area contributed by atoms with Gasteiger partial charge in [-0.1, -0.05) is 12.1 Å². The van der Waals surface area contributed by atoms with Crippen molar-refractivity contribution in [2.24, 2.45) is 0 Å². The number of piperazine rings is 1. The Morgan fingerprint density at radius 3 is 2.31 bits per heavy atom. The highest BCUT2D eigenvalue weighted by molar-refractivity contribution is 5.96. The highest BCUT2D eigenvalue weighted by atomic mass is 19.4. The van der Waals surface area contributed by atoms with Gasteiger partial charge in [-0.15, -0.1) is 0 Å². The van der Waals surface area contributed by atoms with Crippen LogP contribution in [0.4, 0.5) is 23.4 Å². The van der Waals surface area contributed by atoms with Gasteiger partial charge in [-0.25, -0.2) is 9.37 Å². The molecule has 0 bridgehead atoms. The molecule has 1 aromatic carbocycles. The lowest BCUT2D eigenvalue weighted by atomic mass is 10.2. The van der Waals surface area contributed by atoms with E-state index in [9.17, 15) is 27.2 Å². The summed E-state index contributed by atoms with van der Waals surface area (Å²) < 4.78 is 51.5. The van der Waals surface area contributed by atoms with E-state index < -0.39 is 23.5 Å². The molecule has 1 aromatic heterocycles. The number of nitrogens with zero attached hydrogens (tertiary/aromatic N) is 2. The Morgan fingerprint density at radius 1 is 1.03 bits per heavy atom. The zero-order chi connectivity index (χ0) is 21.0. The predicted octanol–water partition coefficient (Wildman–Crippen LogP) is 1.74. The molecule has 29 heavy (non-hydrogen) atoms. The number of halogens is 4. The SMILES string of the molecule is O=C(NCC(=O)N1CCN(c2ccc(C(F)(F)F)c[nH+]2)CC1)c1ccccc1F. The van der Waals surface area contributed by atoms with E-state index in [2.05, 4.69) is 10.3 Å². The number of aromatic amines is 1. The van der Waals surface area contributed by atoms with Gasteiger partial charge in [-0.3, -0.25) is 14.5 Å². The Kier molecular flexibility index (Phi) is 6.00. The number of carbonyl (C=O) groups excluding carboxylic acids is 2. The summed E-state index contributed by atoms with van der Waals surface area (Å²) in [6.45, 7) is 1.29. The molecule has 2 aromatic rings. The van der Waals surface area contributed by atoms with E-state index >= 15 is 0 Å². The third kappa shape index (κ3) is 5.01. The second-order valence-corrected chi connectivity index (χ2v) is 6.49. The molecule has 0 spiro atoms. The van der Waals surface area contributed by atoms with Crippen LogP contribution in [0.1, 0.15) is 15.9 Å². The monoisotopic (exact) mass is 411 g/mol. The van der Waals surface area contributed by atoms with Crippen molar-refractivity contribution < 1.29 is 32.1 Å². The van der Waals surface area contributed by atoms with Crippen LogP contribution in [0.25, 0.3) is 0 Å². The van der Waals surface area contributed by atoms with Crippen LogP contribution in [0.2, 0.25) is 0 Å². The van der Waals surface area contributed by atoms with Crippen molar-refractivity contribution in [1.82, 2.24) is 10.2 Å². The number of carbonyl (C=O) groups is 2. The Hall–Kier alpha value is -3.17. The lowest BCUT2D eigenvalue weighted by molar-refractivity contribution is -0.367. The molecule has 0 radical (unpaired) electrons. The number of amides is 2. The van der Waals surface area contributed by atoms with Gasteiger partial charge in [0.1, 0.15) is 25.1 Å². The second kappa shape index (κ2) is 8.46. The van der Waals surface area contributed by atoms with Gasteiger partial charge in [0.2, 0.25) is 5.91 Å². The molecule has 0 aliphatic carbocycles. The molecule has 1 aliphatic rings. The second-order valence-electron chi connectivity index (χ2n) is 6.49. The minimum atomic E-state index is -4.41.